The maximum absolute atomic E-state index is 13.6. The first kappa shape index (κ1) is 29.9. The third-order valence-corrected chi connectivity index (χ3v) is 8.43. The van der Waals surface area contributed by atoms with Crippen LogP contribution in [0.15, 0.2) is 12.2 Å². The number of rotatable bonds is 4. The highest BCUT2D eigenvalue weighted by molar-refractivity contribution is 7.87. The molecule has 13 heteroatoms. The van der Waals surface area contributed by atoms with Gasteiger partial charge in [0.15, 0.2) is 0 Å². The lowest BCUT2D eigenvalue weighted by atomic mass is 10.0. The summed E-state index contributed by atoms with van der Waals surface area (Å²) in [6, 6.07) is -1.69. The van der Waals surface area contributed by atoms with Crippen LogP contribution < -0.4 is 15.4 Å². The normalized spacial score (nSPS) is 29.7. The SMILES string of the molecule is CN(C)S(=O)(=O)NC(=O)[C@@]12C[C@@H]1/C=C\CCCCC[C@H](NC(=O)OC(C)(C)C)C(=O)N1CCC[C@H]1C(=O)N2. The lowest BCUT2D eigenvalue weighted by Crippen LogP contribution is -2.58. The molecule has 3 aliphatic rings. The molecular weight excluding hydrogens is 514 g/mol. The lowest BCUT2D eigenvalue weighted by molar-refractivity contribution is -0.141. The van der Waals surface area contributed by atoms with Gasteiger partial charge in [0.25, 0.3) is 5.91 Å². The minimum Gasteiger partial charge on any atom is -0.444 e. The van der Waals surface area contributed by atoms with Crippen molar-refractivity contribution in [1.82, 2.24) is 24.6 Å². The molecule has 1 saturated heterocycles. The quantitative estimate of drug-likeness (QED) is 0.440. The average Bonchev–Trinajstić information content (AvgIpc) is 3.26. The molecule has 3 N–H and O–H groups in total. The molecular formula is C25H41N5O7S. The molecule has 0 aromatic rings. The first-order valence-corrected chi connectivity index (χ1v) is 14.6. The van der Waals surface area contributed by atoms with E-state index in [0.29, 0.717) is 32.2 Å². The molecule has 0 aromatic heterocycles. The fourth-order valence-electron chi connectivity index (χ4n) is 4.84. The molecule has 0 radical (unpaired) electrons. The fourth-order valence-corrected chi connectivity index (χ4v) is 5.44. The van der Waals surface area contributed by atoms with E-state index >= 15 is 0 Å². The van der Waals surface area contributed by atoms with E-state index in [1.807, 2.05) is 12.2 Å². The maximum Gasteiger partial charge on any atom is 0.408 e. The highest BCUT2D eigenvalue weighted by Crippen LogP contribution is 2.45. The highest BCUT2D eigenvalue weighted by Gasteiger charge is 2.61. The van der Waals surface area contributed by atoms with Gasteiger partial charge in [-0.05, 0) is 59.3 Å². The van der Waals surface area contributed by atoms with Gasteiger partial charge in [0.1, 0.15) is 23.2 Å². The molecule has 214 valence electrons. The number of hydrogen-bond acceptors (Lipinski definition) is 7. The van der Waals surface area contributed by atoms with E-state index in [9.17, 15) is 27.6 Å². The van der Waals surface area contributed by atoms with Gasteiger partial charge in [0.05, 0.1) is 0 Å². The van der Waals surface area contributed by atoms with Crippen molar-refractivity contribution in [2.24, 2.45) is 5.92 Å². The molecule has 1 saturated carbocycles. The Bertz CT molecular complexity index is 1070. The topological polar surface area (TPSA) is 154 Å². The summed E-state index contributed by atoms with van der Waals surface area (Å²) in [5.74, 6) is -2.06. The molecule has 4 atom stereocenters. The number of alkyl carbamates (subject to hydrolysis) is 1. The van der Waals surface area contributed by atoms with Crippen LogP contribution in [0.3, 0.4) is 0 Å². The van der Waals surface area contributed by atoms with Gasteiger partial charge in [0.2, 0.25) is 11.8 Å². The molecule has 4 amide bonds. The Kier molecular flexibility index (Phi) is 9.12. The monoisotopic (exact) mass is 555 g/mol. The Morgan fingerprint density at radius 3 is 2.50 bits per heavy atom. The predicted octanol–water partition coefficient (Wildman–Crippen LogP) is 1.19. The van der Waals surface area contributed by atoms with E-state index in [4.69, 9.17) is 4.74 Å². The third-order valence-electron chi connectivity index (χ3n) is 7.03. The summed E-state index contributed by atoms with van der Waals surface area (Å²) in [6.45, 7) is 5.54. The average molecular weight is 556 g/mol. The maximum atomic E-state index is 13.6. The zero-order valence-electron chi connectivity index (χ0n) is 22.9. The second-order valence-electron chi connectivity index (χ2n) is 11.4. The number of ether oxygens (including phenoxy) is 1. The van der Waals surface area contributed by atoms with Crippen LogP contribution in [0.5, 0.6) is 0 Å². The largest absolute Gasteiger partial charge is 0.444 e. The van der Waals surface area contributed by atoms with Crippen molar-refractivity contribution >= 4 is 34.0 Å². The minimum absolute atomic E-state index is 0.257. The van der Waals surface area contributed by atoms with Gasteiger partial charge in [-0.1, -0.05) is 25.0 Å². The summed E-state index contributed by atoms with van der Waals surface area (Å²) >= 11 is 0. The van der Waals surface area contributed by atoms with Crippen molar-refractivity contribution in [3.63, 3.8) is 0 Å². The molecule has 38 heavy (non-hydrogen) atoms. The van der Waals surface area contributed by atoms with Crippen LogP contribution in [0.25, 0.3) is 0 Å². The van der Waals surface area contributed by atoms with Crippen molar-refractivity contribution in [2.75, 3.05) is 20.6 Å². The first-order chi connectivity index (χ1) is 17.7. The molecule has 0 spiro atoms. The zero-order valence-corrected chi connectivity index (χ0v) is 23.7. The molecule has 12 nitrogen and oxygen atoms in total. The summed E-state index contributed by atoms with van der Waals surface area (Å²) in [5.41, 5.74) is -2.15. The van der Waals surface area contributed by atoms with Gasteiger partial charge in [-0.3, -0.25) is 14.4 Å². The molecule has 0 aromatic carbocycles. The van der Waals surface area contributed by atoms with Crippen molar-refractivity contribution in [3.8, 4) is 0 Å². The molecule has 1 aliphatic carbocycles. The Morgan fingerprint density at radius 1 is 1.13 bits per heavy atom. The molecule has 2 fully saturated rings. The van der Waals surface area contributed by atoms with E-state index in [1.54, 1.807) is 20.8 Å². The Balaban J connectivity index is 1.84. The van der Waals surface area contributed by atoms with Crippen LogP contribution in [-0.4, -0.2) is 85.3 Å². The standard InChI is InChI=1S/C25H41N5O7S/c1-24(2,3)37-23(34)26-18-13-10-8-6-7-9-12-17-16-25(17,22(33)28-38(35,36)29(4)5)27-20(31)19-14-11-15-30(19)21(18)32/h9,12,17-19H,6-8,10-11,13-16H2,1-5H3,(H,26,34)(H,27,31)(H,28,33)/b12-9-/t17-,18-,19-,25+/m0/s1. The summed E-state index contributed by atoms with van der Waals surface area (Å²) in [5, 5.41) is 5.48. The van der Waals surface area contributed by atoms with Crippen LogP contribution in [0, 0.1) is 5.92 Å². The predicted molar refractivity (Wildman–Crippen MR) is 140 cm³/mol. The fraction of sp³-hybridized carbons (Fsp3) is 0.760. The minimum atomic E-state index is -4.06. The van der Waals surface area contributed by atoms with Crippen LogP contribution in [0.1, 0.15) is 72.1 Å². The van der Waals surface area contributed by atoms with Gasteiger partial charge in [-0.25, -0.2) is 9.52 Å². The van der Waals surface area contributed by atoms with Crippen molar-refractivity contribution in [2.45, 2.75) is 95.4 Å². The number of fused-ring (bicyclic) bond motifs is 2. The molecule has 0 unspecified atom stereocenters. The number of nitrogens with zero attached hydrogens (tertiary/aromatic N) is 2. The molecule has 3 rings (SSSR count). The Labute approximate surface area is 225 Å². The smallest absolute Gasteiger partial charge is 0.408 e. The van der Waals surface area contributed by atoms with Gasteiger partial charge in [-0.2, -0.15) is 12.7 Å². The summed E-state index contributed by atoms with van der Waals surface area (Å²) in [6.07, 6.45) is 7.82. The van der Waals surface area contributed by atoms with E-state index in [0.717, 1.165) is 23.6 Å². The molecule has 2 heterocycles. The third kappa shape index (κ3) is 7.25. The number of nitrogens with one attached hydrogen (secondary N) is 3. The Morgan fingerprint density at radius 2 is 1.84 bits per heavy atom. The van der Waals surface area contributed by atoms with E-state index in [1.165, 1.54) is 19.0 Å². The number of carbonyl (C=O) groups is 4. The van der Waals surface area contributed by atoms with Crippen LogP contribution in [0.2, 0.25) is 0 Å². The van der Waals surface area contributed by atoms with E-state index in [2.05, 4.69) is 15.4 Å². The van der Waals surface area contributed by atoms with Crippen molar-refractivity contribution < 1.29 is 32.3 Å². The second kappa shape index (κ2) is 11.6. The van der Waals surface area contributed by atoms with Crippen molar-refractivity contribution in [3.05, 3.63) is 12.2 Å². The second-order valence-corrected chi connectivity index (χ2v) is 13.3. The first-order valence-electron chi connectivity index (χ1n) is 13.2. The van der Waals surface area contributed by atoms with Gasteiger partial charge >= 0.3 is 16.3 Å². The van der Waals surface area contributed by atoms with E-state index < -0.39 is 51.3 Å². The summed E-state index contributed by atoms with van der Waals surface area (Å²) < 4.78 is 33.0. The Hall–Kier alpha value is -2.67. The number of carbonyl (C=O) groups excluding carboxylic acids is 4. The highest BCUT2D eigenvalue weighted by atomic mass is 32.2. The van der Waals surface area contributed by atoms with Gasteiger partial charge < -0.3 is 20.3 Å². The number of hydrogen-bond donors (Lipinski definition) is 3. The van der Waals surface area contributed by atoms with E-state index in [-0.39, 0.29) is 18.2 Å². The molecule has 2 aliphatic heterocycles. The summed E-state index contributed by atoms with van der Waals surface area (Å²) in [4.78, 5) is 54.1. The summed E-state index contributed by atoms with van der Waals surface area (Å²) in [7, 11) is -1.45. The van der Waals surface area contributed by atoms with Gasteiger partial charge in [-0.15, -0.1) is 0 Å². The van der Waals surface area contributed by atoms with Crippen LogP contribution >= 0.6 is 0 Å². The number of amides is 4. The van der Waals surface area contributed by atoms with Gasteiger partial charge in [0, 0.05) is 26.6 Å². The van der Waals surface area contributed by atoms with Crippen LogP contribution in [-0.2, 0) is 29.3 Å². The lowest BCUT2D eigenvalue weighted by Gasteiger charge is -2.30. The van der Waals surface area contributed by atoms with Crippen LogP contribution in [0.4, 0.5) is 4.79 Å². The zero-order chi connectivity index (χ0) is 28.3. The number of allylic oxidation sites excluding steroid dienone is 1. The molecule has 0 bridgehead atoms. The van der Waals surface area contributed by atoms with Crippen molar-refractivity contribution in [1.29, 1.82) is 0 Å².